The molecule has 1 N–H and O–H groups in total. The van der Waals surface area contributed by atoms with Gasteiger partial charge in [0.1, 0.15) is 0 Å². The lowest BCUT2D eigenvalue weighted by atomic mass is 10.3. The van der Waals surface area contributed by atoms with Gasteiger partial charge in [0, 0.05) is 11.0 Å². The van der Waals surface area contributed by atoms with E-state index in [4.69, 9.17) is 23.2 Å². The van der Waals surface area contributed by atoms with Crippen molar-refractivity contribution in [3.8, 4) is 0 Å². The number of nitrogens with one attached hydrogen (secondary N) is 1. The van der Waals surface area contributed by atoms with Crippen molar-refractivity contribution in [1.29, 1.82) is 0 Å². The maximum absolute atomic E-state index is 6.05. The Morgan fingerprint density at radius 1 is 1.29 bits per heavy atom. The molecular weight excluding hydrogens is 285 g/mol. The molecule has 0 unspecified atom stereocenters. The van der Waals surface area contributed by atoms with Crippen molar-refractivity contribution in [1.82, 2.24) is 0 Å². The number of anilines is 1. The van der Waals surface area contributed by atoms with Gasteiger partial charge in [-0.3, -0.25) is 0 Å². The van der Waals surface area contributed by atoms with Crippen LogP contribution in [0.5, 0.6) is 0 Å². The average Bonchev–Trinajstić information content (AvgIpc) is 2.18. The lowest BCUT2D eigenvalue weighted by molar-refractivity contribution is 0.834. The Hall–Kier alpha value is 0.0800. The molecule has 0 spiro atoms. The molecule has 1 aromatic carbocycles. The standard InChI is InChI=1S/C10H12BrCl2N/c1-2-3-6-14-8-5-4-7(11)9(12)10(8)13/h4-5,14H,2-3,6H2,1H3. The lowest BCUT2D eigenvalue weighted by Gasteiger charge is -2.09. The first-order valence-corrected chi connectivity index (χ1v) is 6.09. The Morgan fingerprint density at radius 3 is 2.64 bits per heavy atom. The molecule has 0 bridgehead atoms. The quantitative estimate of drug-likeness (QED) is 0.611. The predicted octanol–water partition coefficient (Wildman–Crippen LogP) is 4.97. The molecule has 1 nitrogen and oxygen atoms in total. The summed E-state index contributed by atoms with van der Waals surface area (Å²) in [5, 5.41) is 4.39. The summed E-state index contributed by atoms with van der Waals surface area (Å²) in [4.78, 5) is 0. The third kappa shape index (κ3) is 3.04. The van der Waals surface area contributed by atoms with Crippen LogP contribution in [0.25, 0.3) is 0 Å². The topological polar surface area (TPSA) is 12.0 Å². The summed E-state index contributed by atoms with van der Waals surface area (Å²) in [6.07, 6.45) is 2.29. The van der Waals surface area contributed by atoms with Gasteiger partial charge in [0.25, 0.3) is 0 Å². The SMILES string of the molecule is CCCCNc1ccc(Br)c(Cl)c1Cl. The molecule has 14 heavy (non-hydrogen) atoms. The van der Waals surface area contributed by atoms with E-state index < -0.39 is 0 Å². The smallest absolute Gasteiger partial charge is 0.0835 e. The number of rotatable bonds is 4. The van der Waals surface area contributed by atoms with Crippen LogP contribution >= 0.6 is 39.1 Å². The van der Waals surface area contributed by atoms with E-state index in [1.165, 1.54) is 0 Å². The first-order chi connectivity index (χ1) is 6.66. The van der Waals surface area contributed by atoms with Gasteiger partial charge in [0.15, 0.2) is 0 Å². The first kappa shape index (κ1) is 12.2. The van der Waals surface area contributed by atoms with Crippen LogP contribution in [-0.2, 0) is 0 Å². The van der Waals surface area contributed by atoms with Gasteiger partial charge in [-0.1, -0.05) is 36.5 Å². The van der Waals surface area contributed by atoms with Crippen LogP contribution in [0.15, 0.2) is 16.6 Å². The van der Waals surface area contributed by atoms with E-state index in [1.54, 1.807) is 0 Å². The van der Waals surface area contributed by atoms with Crippen LogP contribution < -0.4 is 5.32 Å². The van der Waals surface area contributed by atoms with E-state index >= 15 is 0 Å². The molecule has 4 heteroatoms. The molecule has 0 fully saturated rings. The van der Waals surface area contributed by atoms with Gasteiger partial charge in [-0.25, -0.2) is 0 Å². The van der Waals surface area contributed by atoms with Crippen LogP contribution in [0.2, 0.25) is 10.0 Å². The Labute approximate surface area is 103 Å². The van der Waals surface area contributed by atoms with Crippen LogP contribution in [0, 0.1) is 0 Å². The third-order valence-corrected chi connectivity index (χ3v) is 3.65. The first-order valence-electron chi connectivity index (χ1n) is 4.54. The van der Waals surface area contributed by atoms with Crippen molar-refractivity contribution in [2.75, 3.05) is 11.9 Å². The molecular formula is C10H12BrCl2N. The summed E-state index contributed by atoms with van der Waals surface area (Å²) in [6.45, 7) is 3.08. The van der Waals surface area contributed by atoms with Crippen LogP contribution in [0.3, 0.4) is 0 Å². The summed E-state index contributed by atoms with van der Waals surface area (Å²) < 4.78 is 0.824. The van der Waals surface area contributed by atoms with Gasteiger partial charge in [0.2, 0.25) is 0 Å². The molecule has 0 aliphatic rings. The zero-order valence-electron chi connectivity index (χ0n) is 7.91. The zero-order chi connectivity index (χ0) is 10.6. The second-order valence-corrected chi connectivity index (χ2v) is 4.61. The van der Waals surface area contributed by atoms with Gasteiger partial charge >= 0.3 is 0 Å². The van der Waals surface area contributed by atoms with Gasteiger partial charge in [-0.15, -0.1) is 0 Å². The lowest BCUT2D eigenvalue weighted by Crippen LogP contribution is -2.01. The van der Waals surface area contributed by atoms with Crippen molar-refractivity contribution < 1.29 is 0 Å². The van der Waals surface area contributed by atoms with Crippen molar-refractivity contribution in [2.45, 2.75) is 19.8 Å². The second-order valence-electron chi connectivity index (χ2n) is 3.00. The van der Waals surface area contributed by atoms with Crippen LogP contribution in [-0.4, -0.2) is 6.54 Å². The molecule has 0 aliphatic heterocycles. The molecule has 0 aromatic heterocycles. The fraction of sp³-hybridized carbons (Fsp3) is 0.400. The summed E-state index contributed by atoms with van der Waals surface area (Å²) in [6, 6.07) is 3.82. The van der Waals surface area contributed by atoms with Crippen LogP contribution in [0.4, 0.5) is 5.69 Å². The number of halogens is 3. The van der Waals surface area contributed by atoms with Gasteiger partial charge in [-0.2, -0.15) is 0 Å². The van der Waals surface area contributed by atoms with E-state index in [1.807, 2.05) is 12.1 Å². The fourth-order valence-electron chi connectivity index (χ4n) is 1.06. The molecule has 0 amide bonds. The summed E-state index contributed by atoms with van der Waals surface area (Å²) in [5.74, 6) is 0. The number of hydrogen-bond donors (Lipinski definition) is 1. The predicted molar refractivity (Wildman–Crippen MR) is 67.6 cm³/mol. The molecule has 0 saturated carbocycles. The molecule has 0 atom stereocenters. The van der Waals surface area contributed by atoms with E-state index in [2.05, 4.69) is 28.2 Å². The molecule has 0 saturated heterocycles. The Bertz CT molecular complexity index is 315. The van der Waals surface area contributed by atoms with E-state index in [9.17, 15) is 0 Å². The highest BCUT2D eigenvalue weighted by Crippen LogP contribution is 2.35. The van der Waals surface area contributed by atoms with Crippen molar-refractivity contribution in [3.63, 3.8) is 0 Å². The van der Waals surface area contributed by atoms with Crippen LogP contribution in [0.1, 0.15) is 19.8 Å². The molecule has 0 aliphatic carbocycles. The van der Waals surface area contributed by atoms with Gasteiger partial charge in [-0.05, 0) is 34.5 Å². The van der Waals surface area contributed by atoms with Crippen molar-refractivity contribution in [2.24, 2.45) is 0 Å². The van der Waals surface area contributed by atoms with E-state index in [0.29, 0.717) is 10.0 Å². The van der Waals surface area contributed by atoms with E-state index in [0.717, 1.165) is 29.5 Å². The average molecular weight is 297 g/mol. The minimum absolute atomic E-state index is 0.563. The Morgan fingerprint density at radius 2 is 2.00 bits per heavy atom. The number of unbranched alkanes of at least 4 members (excludes halogenated alkanes) is 1. The van der Waals surface area contributed by atoms with E-state index in [-0.39, 0.29) is 0 Å². The molecule has 1 aromatic rings. The highest BCUT2D eigenvalue weighted by molar-refractivity contribution is 9.10. The molecule has 1 rings (SSSR count). The zero-order valence-corrected chi connectivity index (χ0v) is 11.0. The number of hydrogen-bond acceptors (Lipinski definition) is 1. The fourth-order valence-corrected chi connectivity index (χ4v) is 1.90. The van der Waals surface area contributed by atoms with Gasteiger partial charge in [0.05, 0.1) is 15.7 Å². The van der Waals surface area contributed by atoms with Crippen molar-refractivity contribution in [3.05, 3.63) is 26.7 Å². The third-order valence-electron chi connectivity index (χ3n) is 1.88. The maximum atomic E-state index is 6.05. The summed E-state index contributed by atoms with van der Waals surface area (Å²) in [5.41, 5.74) is 0.897. The minimum atomic E-state index is 0.563. The van der Waals surface area contributed by atoms with Crippen molar-refractivity contribution >= 4 is 44.8 Å². The highest BCUT2D eigenvalue weighted by Gasteiger charge is 2.07. The summed E-state index contributed by atoms with van der Waals surface area (Å²) >= 11 is 15.3. The normalized spacial score (nSPS) is 10.3. The summed E-state index contributed by atoms with van der Waals surface area (Å²) in [7, 11) is 0. The largest absolute Gasteiger partial charge is 0.384 e. The molecule has 0 heterocycles. The monoisotopic (exact) mass is 295 g/mol. The Kier molecular flexibility index (Phi) is 5.07. The minimum Gasteiger partial charge on any atom is -0.384 e. The Balaban J connectivity index is 2.73. The second kappa shape index (κ2) is 5.84. The molecule has 0 radical (unpaired) electrons. The highest BCUT2D eigenvalue weighted by atomic mass is 79.9. The maximum Gasteiger partial charge on any atom is 0.0835 e. The molecule has 78 valence electrons. The van der Waals surface area contributed by atoms with Gasteiger partial charge < -0.3 is 5.32 Å². The number of benzene rings is 1.